The van der Waals surface area contributed by atoms with E-state index in [1.165, 1.54) is 0 Å². The SMILES string of the molecule is COc1ccc(/C=C\C=C(\C)C#N)c(SC)c1. The lowest BCUT2D eigenvalue weighted by Crippen LogP contribution is -1.85. The lowest BCUT2D eigenvalue weighted by molar-refractivity contribution is 0.413. The molecule has 0 amide bonds. The topological polar surface area (TPSA) is 33.0 Å². The van der Waals surface area contributed by atoms with Crippen molar-refractivity contribution in [3.63, 3.8) is 0 Å². The first kappa shape index (κ1) is 13.4. The van der Waals surface area contributed by atoms with Crippen LogP contribution < -0.4 is 4.74 Å². The average Bonchev–Trinajstić information content (AvgIpc) is 2.38. The van der Waals surface area contributed by atoms with Gasteiger partial charge >= 0.3 is 0 Å². The molecule has 0 aliphatic rings. The average molecular weight is 245 g/mol. The fourth-order valence-electron chi connectivity index (χ4n) is 1.29. The zero-order valence-corrected chi connectivity index (χ0v) is 11.0. The molecule has 3 heteroatoms. The number of benzene rings is 1. The van der Waals surface area contributed by atoms with Gasteiger partial charge in [-0.1, -0.05) is 18.2 Å². The van der Waals surface area contributed by atoms with Gasteiger partial charge in [-0.2, -0.15) is 5.26 Å². The second-order valence-electron chi connectivity index (χ2n) is 3.43. The van der Waals surface area contributed by atoms with E-state index in [9.17, 15) is 0 Å². The van der Waals surface area contributed by atoms with Crippen LogP contribution in [0.3, 0.4) is 0 Å². The van der Waals surface area contributed by atoms with Gasteiger partial charge in [-0.3, -0.25) is 0 Å². The number of nitriles is 1. The highest BCUT2D eigenvalue weighted by Gasteiger charge is 2.00. The van der Waals surface area contributed by atoms with Crippen LogP contribution >= 0.6 is 11.8 Å². The second-order valence-corrected chi connectivity index (χ2v) is 4.28. The minimum Gasteiger partial charge on any atom is -0.497 e. The molecule has 0 N–H and O–H groups in total. The van der Waals surface area contributed by atoms with E-state index in [4.69, 9.17) is 10.00 Å². The molecule has 0 radical (unpaired) electrons. The summed E-state index contributed by atoms with van der Waals surface area (Å²) in [4.78, 5) is 1.16. The number of hydrogen-bond acceptors (Lipinski definition) is 3. The Hall–Kier alpha value is -1.66. The normalized spacial score (nSPS) is 11.5. The predicted molar refractivity (Wildman–Crippen MR) is 73.2 cm³/mol. The molecule has 0 aromatic heterocycles. The molecule has 17 heavy (non-hydrogen) atoms. The highest BCUT2D eigenvalue weighted by atomic mass is 32.2. The molecule has 0 fully saturated rings. The third-order valence-electron chi connectivity index (χ3n) is 2.24. The highest BCUT2D eigenvalue weighted by molar-refractivity contribution is 7.98. The number of rotatable bonds is 4. The molecular weight excluding hydrogens is 230 g/mol. The summed E-state index contributed by atoms with van der Waals surface area (Å²) in [5.41, 5.74) is 1.82. The molecular formula is C14H15NOS. The van der Waals surface area contributed by atoms with Crippen molar-refractivity contribution in [2.45, 2.75) is 11.8 Å². The van der Waals surface area contributed by atoms with Crippen molar-refractivity contribution in [3.05, 3.63) is 41.5 Å². The molecule has 0 aliphatic carbocycles. The molecule has 0 aliphatic heterocycles. The maximum absolute atomic E-state index is 8.63. The van der Waals surface area contributed by atoms with Gasteiger partial charge in [0.2, 0.25) is 0 Å². The van der Waals surface area contributed by atoms with E-state index >= 15 is 0 Å². The monoisotopic (exact) mass is 245 g/mol. The third-order valence-corrected chi connectivity index (χ3v) is 3.03. The van der Waals surface area contributed by atoms with Crippen molar-refractivity contribution >= 4 is 17.8 Å². The Kier molecular flexibility index (Phi) is 5.38. The molecule has 0 saturated carbocycles. The zero-order chi connectivity index (χ0) is 12.7. The summed E-state index contributed by atoms with van der Waals surface area (Å²) in [7, 11) is 1.66. The van der Waals surface area contributed by atoms with Gasteiger partial charge in [0.1, 0.15) is 5.75 Å². The molecule has 0 unspecified atom stereocenters. The van der Waals surface area contributed by atoms with Gasteiger partial charge in [-0.25, -0.2) is 0 Å². The van der Waals surface area contributed by atoms with Crippen LogP contribution in [0.5, 0.6) is 5.75 Å². The minimum absolute atomic E-state index is 0.695. The van der Waals surface area contributed by atoms with E-state index in [1.807, 2.05) is 36.6 Å². The van der Waals surface area contributed by atoms with Crippen molar-refractivity contribution in [2.24, 2.45) is 0 Å². The molecule has 0 spiro atoms. The van der Waals surface area contributed by atoms with Crippen molar-refractivity contribution < 1.29 is 4.74 Å². The van der Waals surface area contributed by atoms with E-state index in [2.05, 4.69) is 6.07 Å². The van der Waals surface area contributed by atoms with Crippen LogP contribution in [0.2, 0.25) is 0 Å². The Morgan fingerprint density at radius 1 is 1.47 bits per heavy atom. The molecule has 0 saturated heterocycles. The van der Waals surface area contributed by atoms with E-state index in [0.29, 0.717) is 5.57 Å². The fraction of sp³-hybridized carbons (Fsp3) is 0.214. The molecule has 88 valence electrons. The van der Waals surface area contributed by atoms with Crippen LogP contribution in [0.4, 0.5) is 0 Å². The summed E-state index contributed by atoms with van der Waals surface area (Å²) < 4.78 is 5.18. The molecule has 0 bridgehead atoms. The quantitative estimate of drug-likeness (QED) is 0.458. The number of nitrogens with zero attached hydrogens (tertiary/aromatic N) is 1. The molecule has 0 heterocycles. The maximum Gasteiger partial charge on any atom is 0.120 e. The highest BCUT2D eigenvalue weighted by Crippen LogP contribution is 2.26. The maximum atomic E-state index is 8.63. The number of thioether (sulfide) groups is 1. The van der Waals surface area contributed by atoms with E-state index < -0.39 is 0 Å². The summed E-state index contributed by atoms with van der Waals surface area (Å²) >= 11 is 1.67. The van der Waals surface area contributed by atoms with Gasteiger partial charge in [0.15, 0.2) is 0 Å². The minimum atomic E-state index is 0.695. The van der Waals surface area contributed by atoms with Gasteiger partial charge in [-0.15, -0.1) is 11.8 Å². The first-order valence-corrected chi connectivity index (χ1v) is 6.41. The Morgan fingerprint density at radius 3 is 2.82 bits per heavy atom. The number of hydrogen-bond donors (Lipinski definition) is 0. The number of allylic oxidation sites excluding steroid dienone is 3. The van der Waals surface area contributed by atoms with E-state index in [-0.39, 0.29) is 0 Å². The van der Waals surface area contributed by atoms with E-state index in [0.717, 1.165) is 16.2 Å². The lowest BCUT2D eigenvalue weighted by Gasteiger charge is -2.05. The van der Waals surface area contributed by atoms with Crippen LogP contribution in [0.15, 0.2) is 40.8 Å². The van der Waals surface area contributed by atoms with Crippen LogP contribution in [-0.2, 0) is 0 Å². The van der Waals surface area contributed by atoms with Gasteiger partial charge < -0.3 is 4.74 Å². The Bertz CT molecular complexity index is 483. The Balaban J connectivity index is 2.95. The Labute approximate surface area is 107 Å². The largest absolute Gasteiger partial charge is 0.497 e. The van der Waals surface area contributed by atoms with Gasteiger partial charge in [0.05, 0.1) is 13.2 Å². The van der Waals surface area contributed by atoms with Gasteiger partial charge in [-0.05, 0) is 37.0 Å². The zero-order valence-electron chi connectivity index (χ0n) is 10.2. The summed E-state index contributed by atoms with van der Waals surface area (Å²) in [5.74, 6) is 0.857. The van der Waals surface area contributed by atoms with Gasteiger partial charge in [0.25, 0.3) is 0 Å². The van der Waals surface area contributed by atoms with Crippen molar-refractivity contribution in [1.82, 2.24) is 0 Å². The van der Waals surface area contributed by atoms with Gasteiger partial charge in [0, 0.05) is 10.5 Å². The van der Waals surface area contributed by atoms with Crippen LogP contribution in [-0.4, -0.2) is 13.4 Å². The molecule has 0 atom stereocenters. The van der Waals surface area contributed by atoms with Crippen LogP contribution in [0.1, 0.15) is 12.5 Å². The summed E-state index contributed by atoms with van der Waals surface area (Å²) in [6, 6.07) is 8.03. The standard InChI is InChI=1S/C14H15NOS/c1-11(10-15)5-4-6-12-7-8-13(16-2)9-14(12)17-3/h4-9H,1-3H3/b6-4-,11-5-. The van der Waals surface area contributed by atoms with Crippen molar-refractivity contribution in [2.75, 3.05) is 13.4 Å². The van der Waals surface area contributed by atoms with Crippen LogP contribution in [0, 0.1) is 11.3 Å². The first-order valence-electron chi connectivity index (χ1n) is 5.18. The molecule has 2 nitrogen and oxygen atoms in total. The third kappa shape index (κ3) is 4.01. The van der Waals surface area contributed by atoms with Crippen molar-refractivity contribution in [1.29, 1.82) is 5.26 Å². The van der Waals surface area contributed by atoms with Crippen LogP contribution in [0.25, 0.3) is 6.08 Å². The Morgan fingerprint density at radius 2 is 2.24 bits per heavy atom. The summed E-state index contributed by atoms with van der Waals surface area (Å²) in [6.45, 7) is 1.79. The van der Waals surface area contributed by atoms with Crippen molar-refractivity contribution in [3.8, 4) is 11.8 Å². The molecule has 1 aromatic carbocycles. The summed E-state index contributed by atoms with van der Waals surface area (Å²) in [5, 5.41) is 8.63. The predicted octanol–water partition coefficient (Wildman–Crippen LogP) is 3.90. The first-order chi connectivity index (χ1) is 8.21. The number of ether oxygens (including phenoxy) is 1. The molecule has 1 rings (SSSR count). The summed E-state index contributed by atoms with van der Waals surface area (Å²) in [6.07, 6.45) is 7.71. The smallest absolute Gasteiger partial charge is 0.120 e. The molecule has 1 aromatic rings. The second kappa shape index (κ2) is 6.82. The van der Waals surface area contributed by atoms with E-state index in [1.54, 1.807) is 31.9 Å². The lowest BCUT2D eigenvalue weighted by atomic mass is 10.2. The fourth-order valence-corrected chi connectivity index (χ4v) is 1.90. The number of methoxy groups -OCH3 is 1.